The number of piperidine rings is 1. The van der Waals surface area contributed by atoms with Crippen molar-refractivity contribution in [1.82, 2.24) is 10.2 Å². The summed E-state index contributed by atoms with van der Waals surface area (Å²) in [5.74, 6) is 0. The van der Waals surface area contributed by atoms with Gasteiger partial charge in [0.1, 0.15) is 0 Å². The standard InChI is InChI=1S/C16H24Cl2N2/c1-16(2,20-9-5-4-6-10-20)15(19-3)12-7-8-13(17)14(18)11-12/h7-8,11,15,19H,4-6,9-10H2,1-3H3. The summed E-state index contributed by atoms with van der Waals surface area (Å²) in [5, 5.41) is 4.70. The van der Waals surface area contributed by atoms with Crippen LogP contribution < -0.4 is 5.32 Å². The summed E-state index contributed by atoms with van der Waals surface area (Å²) in [6.07, 6.45) is 3.94. The van der Waals surface area contributed by atoms with Crippen LogP contribution in [0.2, 0.25) is 10.0 Å². The second-order valence-electron chi connectivity index (χ2n) is 6.10. The third-order valence-electron chi connectivity index (χ3n) is 4.44. The monoisotopic (exact) mass is 314 g/mol. The summed E-state index contributed by atoms with van der Waals surface area (Å²) < 4.78 is 0. The fourth-order valence-electron chi connectivity index (χ4n) is 3.27. The van der Waals surface area contributed by atoms with Crippen LogP contribution in [0.1, 0.15) is 44.7 Å². The molecule has 112 valence electrons. The van der Waals surface area contributed by atoms with Gasteiger partial charge in [0.25, 0.3) is 0 Å². The lowest BCUT2D eigenvalue weighted by atomic mass is 9.85. The zero-order valence-corrected chi connectivity index (χ0v) is 14.1. The van der Waals surface area contributed by atoms with E-state index in [1.54, 1.807) is 0 Å². The van der Waals surface area contributed by atoms with Crippen LogP contribution in [0.4, 0.5) is 0 Å². The van der Waals surface area contributed by atoms with E-state index in [1.807, 2.05) is 19.2 Å². The SMILES string of the molecule is CNC(c1ccc(Cl)c(Cl)c1)C(C)(C)N1CCCCC1. The Morgan fingerprint density at radius 1 is 1.10 bits per heavy atom. The number of benzene rings is 1. The zero-order valence-electron chi connectivity index (χ0n) is 12.5. The van der Waals surface area contributed by atoms with Crippen molar-refractivity contribution in [2.45, 2.75) is 44.7 Å². The van der Waals surface area contributed by atoms with Gasteiger partial charge in [0.05, 0.1) is 10.0 Å². The molecular weight excluding hydrogens is 291 g/mol. The lowest BCUT2D eigenvalue weighted by molar-refractivity contribution is 0.0633. The van der Waals surface area contributed by atoms with E-state index in [1.165, 1.54) is 37.9 Å². The molecule has 1 fully saturated rings. The summed E-state index contributed by atoms with van der Waals surface area (Å²) in [6.45, 7) is 6.96. The number of likely N-dealkylation sites (N-methyl/N-ethyl adjacent to an activating group) is 1. The van der Waals surface area contributed by atoms with Gasteiger partial charge in [-0.25, -0.2) is 0 Å². The molecule has 1 saturated heterocycles. The summed E-state index contributed by atoms with van der Waals surface area (Å²) in [5.41, 5.74) is 1.24. The molecule has 1 aromatic rings. The van der Waals surface area contributed by atoms with Crippen molar-refractivity contribution in [3.05, 3.63) is 33.8 Å². The Labute approximate surface area is 132 Å². The lowest BCUT2D eigenvalue weighted by Gasteiger charge is -2.46. The molecule has 0 aromatic heterocycles. The smallest absolute Gasteiger partial charge is 0.0595 e. The third-order valence-corrected chi connectivity index (χ3v) is 5.18. The molecule has 4 heteroatoms. The Bertz CT molecular complexity index is 454. The van der Waals surface area contributed by atoms with Crippen LogP contribution in [0.25, 0.3) is 0 Å². The quantitative estimate of drug-likeness (QED) is 0.879. The second kappa shape index (κ2) is 6.65. The highest BCUT2D eigenvalue weighted by Crippen LogP contribution is 2.35. The number of rotatable bonds is 4. The first-order chi connectivity index (χ1) is 9.46. The van der Waals surface area contributed by atoms with E-state index in [0.29, 0.717) is 10.0 Å². The van der Waals surface area contributed by atoms with Crippen LogP contribution >= 0.6 is 23.2 Å². The minimum atomic E-state index is 0.0479. The minimum Gasteiger partial charge on any atom is -0.311 e. The van der Waals surface area contributed by atoms with E-state index in [2.05, 4.69) is 30.1 Å². The van der Waals surface area contributed by atoms with Crippen molar-refractivity contribution in [1.29, 1.82) is 0 Å². The van der Waals surface area contributed by atoms with Gasteiger partial charge in [-0.3, -0.25) is 4.90 Å². The van der Waals surface area contributed by atoms with Gasteiger partial charge >= 0.3 is 0 Å². The van der Waals surface area contributed by atoms with Crippen molar-refractivity contribution >= 4 is 23.2 Å². The number of halogens is 2. The minimum absolute atomic E-state index is 0.0479. The summed E-state index contributed by atoms with van der Waals surface area (Å²) >= 11 is 12.2. The number of nitrogens with one attached hydrogen (secondary N) is 1. The van der Waals surface area contributed by atoms with Crippen molar-refractivity contribution < 1.29 is 0 Å². The van der Waals surface area contributed by atoms with Crippen molar-refractivity contribution in [3.63, 3.8) is 0 Å². The zero-order chi connectivity index (χ0) is 14.8. The van der Waals surface area contributed by atoms with Gasteiger partial charge in [-0.1, -0.05) is 35.7 Å². The average molecular weight is 315 g/mol. The number of nitrogens with zero attached hydrogens (tertiary/aromatic N) is 1. The highest BCUT2D eigenvalue weighted by molar-refractivity contribution is 6.42. The van der Waals surface area contributed by atoms with Gasteiger partial charge < -0.3 is 5.32 Å². The maximum absolute atomic E-state index is 6.18. The van der Waals surface area contributed by atoms with E-state index < -0.39 is 0 Å². The summed E-state index contributed by atoms with van der Waals surface area (Å²) in [6, 6.07) is 6.17. The van der Waals surface area contributed by atoms with Gasteiger partial charge in [0, 0.05) is 11.6 Å². The third kappa shape index (κ3) is 3.30. The molecule has 1 atom stereocenters. The van der Waals surface area contributed by atoms with Gasteiger partial charge in [-0.2, -0.15) is 0 Å². The van der Waals surface area contributed by atoms with E-state index in [9.17, 15) is 0 Å². The van der Waals surface area contributed by atoms with Crippen LogP contribution in [0, 0.1) is 0 Å². The Morgan fingerprint density at radius 3 is 2.30 bits per heavy atom. The second-order valence-corrected chi connectivity index (χ2v) is 6.91. The van der Waals surface area contributed by atoms with E-state index in [-0.39, 0.29) is 11.6 Å². The summed E-state index contributed by atoms with van der Waals surface area (Å²) in [4.78, 5) is 2.58. The highest BCUT2D eigenvalue weighted by atomic mass is 35.5. The van der Waals surface area contributed by atoms with Crippen molar-refractivity contribution in [3.8, 4) is 0 Å². The number of hydrogen-bond donors (Lipinski definition) is 1. The molecule has 0 aliphatic carbocycles. The van der Waals surface area contributed by atoms with Gasteiger partial charge in [0.2, 0.25) is 0 Å². The molecule has 1 N–H and O–H groups in total. The van der Waals surface area contributed by atoms with Crippen LogP contribution in [0.15, 0.2) is 18.2 Å². The predicted octanol–water partition coefficient (Wildman–Crippen LogP) is 4.52. The molecule has 0 bridgehead atoms. The Balaban J connectivity index is 2.27. The molecule has 1 aliphatic heterocycles. The molecular formula is C16H24Cl2N2. The molecule has 1 unspecified atom stereocenters. The molecule has 20 heavy (non-hydrogen) atoms. The first-order valence-electron chi connectivity index (χ1n) is 7.34. The topological polar surface area (TPSA) is 15.3 Å². The van der Waals surface area contributed by atoms with Crippen LogP contribution in [0.5, 0.6) is 0 Å². The molecule has 0 saturated carbocycles. The average Bonchev–Trinajstić information content (AvgIpc) is 2.44. The molecule has 0 spiro atoms. The largest absolute Gasteiger partial charge is 0.311 e. The van der Waals surface area contributed by atoms with E-state index in [0.717, 1.165) is 0 Å². The van der Waals surface area contributed by atoms with Crippen LogP contribution in [-0.2, 0) is 0 Å². The molecule has 1 aromatic carbocycles. The van der Waals surface area contributed by atoms with Gasteiger partial charge in [-0.05, 0) is 64.5 Å². The first kappa shape index (κ1) is 16.1. The molecule has 0 amide bonds. The molecule has 2 nitrogen and oxygen atoms in total. The number of likely N-dealkylation sites (tertiary alicyclic amines) is 1. The predicted molar refractivity (Wildman–Crippen MR) is 87.8 cm³/mol. The normalized spacial score (nSPS) is 19.1. The van der Waals surface area contributed by atoms with E-state index in [4.69, 9.17) is 23.2 Å². The maximum atomic E-state index is 6.18. The van der Waals surface area contributed by atoms with Gasteiger partial charge in [0.15, 0.2) is 0 Å². The molecule has 2 rings (SSSR count). The van der Waals surface area contributed by atoms with Crippen molar-refractivity contribution in [2.24, 2.45) is 0 Å². The fraction of sp³-hybridized carbons (Fsp3) is 0.625. The fourth-order valence-corrected chi connectivity index (χ4v) is 3.58. The van der Waals surface area contributed by atoms with E-state index >= 15 is 0 Å². The Kier molecular flexibility index (Phi) is 5.36. The first-order valence-corrected chi connectivity index (χ1v) is 8.09. The highest BCUT2D eigenvalue weighted by Gasteiger charge is 2.36. The van der Waals surface area contributed by atoms with Gasteiger partial charge in [-0.15, -0.1) is 0 Å². The van der Waals surface area contributed by atoms with Crippen LogP contribution in [0.3, 0.4) is 0 Å². The molecule has 1 heterocycles. The molecule has 0 radical (unpaired) electrons. The summed E-state index contributed by atoms with van der Waals surface area (Å²) in [7, 11) is 2.01. The Hall–Kier alpha value is -0.280. The number of hydrogen-bond acceptors (Lipinski definition) is 2. The maximum Gasteiger partial charge on any atom is 0.0595 e. The molecule has 1 aliphatic rings. The Morgan fingerprint density at radius 2 is 1.75 bits per heavy atom. The lowest BCUT2D eigenvalue weighted by Crippen LogP contribution is -2.53. The van der Waals surface area contributed by atoms with Crippen molar-refractivity contribution in [2.75, 3.05) is 20.1 Å². The van der Waals surface area contributed by atoms with Crippen LogP contribution in [-0.4, -0.2) is 30.6 Å².